The van der Waals surface area contributed by atoms with E-state index in [0.29, 0.717) is 13.0 Å². The Balaban J connectivity index is 1.86. The van der Waals surface area contributed by atoms with Crippen molar-refractivity contribution >= 4 is 11.8 Å². The summed E-state index contributed by atoms with van der Waals surface area (Å²) in [7, 11) is 0. The van der Waals surface area contributed by atoms with Gasteiger partial charge in [0.2, 0.25) is 11.8 Å². The van der Waals surface area contributed by atoms with Crippen LogP contribution in [0.2, 0.25) is 0 Å². The Morgan fingerprint density at radius 2 is 2.14 bits per heavy atom. The third kappa shape index (κ3) is 2.22. The molecule has 21 heavy (non-hydrogen) atoms. The molecule has 1 unspecified atom stereocenters. The van der Waals surface area contributed by atoms with Gasteiger partial charge in [-0.15, -0.1) is 0 Å². The van der Waals surface area contributed by atoms with Gasteiger partial charge in [0.25, 0.3) is 0 Å². The zero-order valence-electron chi connectivity index (χ0n) is 12.9. The van der Waals surface area contributed by atoms with Crippen LogP contribution in [-0.4, -0.2) is 50.4 Å². The summed E-state index contributed by atoms with van der Waals surface area (Å²) in [6.45, 7) is 7.03. The molecule has 0 N–H and O–H groups in total. The van der Waals surface area contributed by atoms with Crippen molar-refractivity contribution in [1.29, 1.82) is 0 Å². The lowest BCUT2D eigenvalue weighted by Gasteiger charge is -2.43. The van der Waals surface area contributed by atoms with E-state index in [1.54, 1.807) is 6.33 Å². The van der Waals surface area contributed by atoms with Crippen LogP contribution in [0.1, 0.15) is 38.8 Å². The van der Waals surface area contributed by atoms with Crippen LogP contribution in [-0.2, 0) is 15.1 Å². The molecule has 0 aromatic carbocycles. The van der Waals surface area contributed by atoms with E-state index >= 15 is 0 Å². The van der Waals surface area contributed by atoms with Crippen LogP contribution in [0.15, 0.2) is 12.5 Å². The Kier molecular flexibility index (Phi) is 3.26. The molecule has 0 bridgehead atoms. The van der Waals surface area contributed by atoms with Gasteiger partial charge in [0, 0.05) is 25.7 Å². The zero-order chi connectivity index (χ0) is 15.2. The maximum Gasteiger partial charge on any atom is 0.249 e. The van der Waals surface area contributed by atoms with Crippen LogP contribution in [0, 0.1) is 6.92 Å². The predicted molar refractivity (Wildman–Crippen MR) is 77.4 cm³/mol. The normalized spacial score (nSPS) is 22.6. The second-order valence-corrected chi connectivity index (χ2v) is 6.44. The van der Waals surface area contributed by atoms with Gasteiger partial charge < -0.3 is 14.4 Å². The van der Waals surface area contributed by atoms with Crippen molar-refractivity contribution in [2.24, 2.45) is 0 Å². The highest BCUT2D eigenvalue weighted by molar-refractivity contribution is 5.87. The van der Waals surface area contributed by atoms with E-state index in [-0.39, 0.29) is 18.0 Å². The molecule has 6 heteroatoms. The molecule has 3 heterocycles. The Morgan fingerprint density at radius 1 is 1.38 bits per heavy atom. The monoisotopic (exact) mass is 290 g/mol. The van der Waals surface area contributed by atoms with Crippen LogP contribution in [0.5, 0.6) is 0 Å². The summed E-state index contributed by atoms with van der Waals surface area (Å²) in [5.74, 6) is 0.238. The first-order valence-corrected chi connectivity index (χ1v) is 7.53. The van der Waals surface area contributed by atoms with Crippen LogP contribution < -0.4 is 0 Å². The van der Waals surface area contributed by atoms with Crippen LogP contribution in [0.4, 0.5) is 0 Å². The van der Waals surface area contributed by atoms with Crippen LogP contribution in [0.3, 0.4) is 0 Å². The molecule has 2 amide bonds. The van der Waals surface area contributed by atoms with E-state index in [9.17, 15) is 9.59 Å². The van der Waals surface area contributed by atoms with Gasteiger partial charge in [0.1, 0.15) is 11.7 Å². The van der Waals surface area contributed by atoms with Crippen molar-refractivity contribution in [3.8, 4) is 0 Å². The number of fused-ring (bicyclic) bond motifs is 1. The first kappa shape index (κ1) is 14.1. The summed E-state index contributed by atoms with van der Waals surface area (Å²) < 4.78 is 1.86. The molecule has 0 saturated carbocycles. The SMILES string of the molecule is Cc1cn(C(C)(C)C(=O)N2CCC(=O)N3CCCC32)cn1. The Hall–Kier alpha value is -1.85. The zero-order valence-corrected chi connectivity index (χ0v) is 12.9. The van der Waals surface area contributed by atoms with E-state index < -0.39 is 5.54 Å². The number of nitrogens with zero attached hydrogens (tertiary/aromatic N) is 4. The molecule has 2 saturated heterocycles. The lowest BCUT2D eigenvalue weighted by atomic mass is 10.0. The average Bonchev–Trinajstić information content (AvgIpc) is 3.08. The molecule has 1 aromatic heterocycles. The number of aryl methyl sites for hydroxylation is 1. The molecule has 1 aromatic rings. The number of carbonyl (C=O) groups is 2. The number of amides is 2. The van der Waals surface area contributed by atoms with Crippen LogP contribution >= 0.6 is 0 Å². The van der Waals surface area contributed by atoms with Gasteiger partial charge in [-0.3, -0.25) is 9.59 Å². The minimum atomic E-state index is -0.685. The van der Waals surface area contributed by atoms with Crippen molar-refractivity contribution in [2.45, 2.75) is 51.7 Å². The minimum absolute atomic E-state index is 0.0531. The third-order valence-corrected chi connectivity index (χ3v) is 4.61. The Morgan fingerprint density at radius 3 is 2.81 bits per heavy atom. The predicted octanol–water partition coefficient (Wildman–Crippen LogP) is 1.11. The van der Waals surface area contributed by atoms with Crippen molar-refractivity contribution in [3.05, 3.63) is 18.2 Å². The number of aromatic nitrogens is 2. The number of imidazole rings is 1. The third-order valence-electron chi connectivity index (χ3n) is 4.61. The number of rotatable bonds is 2. The molecule has 3 rings (SSSR count). The van der Waals surface area contributed by atoms with Gasteiger partial charge in [0.15, 0.2) is 0 Å². The molecule has 6 nitrogen and oxygen atoms in total. The lowest BCUT2D eigenvalue weighted by molar-refractivity contribution is -0.155. The fraction of sp³-hybridized carbons (Fsp3) is 0.667. The van der Waals surface area contributed by atoms with Gasteiger partial charge in [0.05, 0.1) is 12.0 Å². The van der Waals surface area contributed by atoms with Gasteiger partial charge in [-0.2, -0.15) is 0 Å². The summed E-state index contributed by atoms with van der Waals surface area (Å²) in [6.07, 6.45) is 5.83. The first-order chi connectivity index (χ1) is 9.91. The van der Waals surface area contributed by atoms with Gasteiger partial charge >= 0.3 is 0 Å². The lowest BCUT2D eigenvalue weighted by Crippen LogP contribution is -2.59. The second kappa shape index (κ2) is 4.86. The summed E-state index contributed by atoms with van der Waals surface area (Å²) in [5, 5.41) is 0. The van der Waals surface area contributed by atoms with Gasteiger partial charge in [-0.1, -0.05) is 0 Å². The van der Waals surface area contributed by atoms with E-state index in [4.69, 9.17) is 0 Å². The quantitative estimate of drug-likeness (QED) is 0.820. The molecular weight excluding hydrogens is 268 g/mol. The Labute approximate surface area is 124 Å². The summed E-state index contributed by atoms with van der Waals surface area (Å²) >= 11 is 0. The topological polar surface area (TPSA) is 58.4 Å². The van der Waals surface area contributed by atoms with Crippen molar-refractivity contribution in [3.63, 3.8) is 0 Å². The van der Waals surface area contributed by atoms with E-state index in [1.807, 2.05) is 41.3 Å². The molecule has 114 valence electrons. The van der Waals surface area contributed by atoms with Gasteiger partial charge in [-0.05, 0) is 33.6 Å². The highest BCUT2D eigenvalue weighted by atomic mass is 16.2. The Bertz CT molecular complexity index is 578. The van der Waals surface area contributed by atoms with E-state index in [2.05, 4.69) is 4.98 Å². The van der Waals surface area contributed by atoms with Crippen molar-refractivity contribution < 1.29 is 9.59 Å². The molecule has 0 spiro atoms. The largest absolute Gasteiger partial charge is 0.323 e. The summed E-state index contributed by atoms with van der Waals surface area (Å²) in [5.41, 5.74) is 0.211. The molecule has 2 fully saturated rings. The average molecular weight is 290 g/mol. The number of hydrogen-bond acceptors (Lipinski definition) is 3. The van der Waals surface area contributed by atoms with Crippen molar-refractivity contribution in [1.82, 2.24) is 19.4 Å². The molecule has 2 aliphatic rings. The number of hydrogen-bond donors (Lipinski definition) is 0. The molecule has 1 atom stereocenters. The fourth-order valence-electron chi connectivity index (χ4n) is 3.30. The van der Waals surface area contributed by atoms with Crippen LogP contribution in [0.25, 0.3) is 0 Å². The first-order valence-electron chi connectivity index (χ1n) is 7.53. The summed E-state index contributed by atoms with van der Waals surface area (Å²) in [6, 6.07) is 0. The smallest absolute Gasteiger partial charge is 0.249 e. The molecule has 0 radical (unpaired) electrons. The maximum absolute atomic E-state index is 13.0. The van der Waals surface area contributed by atoms with E-state index in [0.717, 1.165) is 25.1 Å². The summed E-state index contributed by atoms with van der Waals surface area (Å²) in [4.78, 5) is 32.9. The van der Waals surface area contributed by atoms with E-state index in [1.165, 1.54) is 0 Å². The van der Waals surface area contributed by atoms with Gasteiger partial charge in [-0.25, -0.2) is 4.98 Å². The maximum atomic E-state index is 13.0. The van der Waals surface area contributed by atoms with Crippen molar-refractivity contribution in [2.75, 3.05) is 13.1 Å². The molecule has 2 aliphatic heterocycles. The highest BCUT2D eigenvalue weighted by Gasteiger charge is 2.44. The molecular formula is C15H22N4O2. The second-order valence-electron chi connectivity index (χ2n) is 6.44. The number of carbonyl (C=O) groups excluding carboxylic acids is 2. The fourth-order valence-corrected chi connectivity index (χ4v) is 3.30. The minimum Gasteiger partial charge on any atom is -0.323 e. The standard InChI is InChI=1S/C15H22N4O2/c1-11-9-17(10-16-11)15(2,3)14(21)19-8-6-13(20)18-7-4-5-12(18)19/h9-10,12H,4-8H2,1-3H3. The molecule has 0 aliphatic carbocycles. The highest BCUT2D eigenvalue weighted by Crippen LogP contribution is 2.30.